The lowest BCUT2D eigenvalue weighted by Gasteiger charge is -2.28. The van der Waals surface area contributed by atoms with Gasteiger partial charge < -0.3 is 11.1 Å². The maximum atomic E-state index is 5.83. The molecule has 2 heterocycles. The normalized spacial score (nSPS) is 17.7. The number of anilines is 2. The summed E-state index contributed by atoms with van der Waals surface area (Å²) in [5.74, 6) is 1.26. The molecule has 3 N–H and O–H groups in total. The van der Waals surface area contributed by atoms with E-state index in [1.807, 2.05) is 0 Å². The summed E-state index contributed by atoms with van der Waals surface area (Å²) < 4.78 is 0. The summed E-state index contributed by atoms with van der Waals surface area (Å²) in [7, 11) is 0. The Kier molecular flexibility index (Phi) is 3.54. The van der Waals surface area contributed by atoms with Gasteiger partial charge in [0, 0.05) is 11.4 Å². The minimum Gasteiger partial charge on any atom is -0.369 e. The Morgan fingerprint density at radius 1 is 1.35 bits per heavy atom. The Balaban J connectivity index is 1.86. The van der Waals surface area contributed by atoms with E-state index in [2.05, 4.69) is 35.2 Å². The highest BCUT2D eigenvalue weighted by atomic mass is 32.1. The first kappa shape index (κ1) is 13.6. The molecule has 0 spiro atoms. The molecule has 0 radical (unpaired) electrons. The average Bonchev–Trinajstić information content (AvgIpc) is 3.02. The number of hydrogen-bond acceptors (Lipinski definition) is 5. The van der Waals surface area contributed by atoms with Crippen LogP contribution in [0.15, 0.2) is 6.07 Å². The molecule has 1 saturated carbocycles. The van der Waals surface area contributed by atoms with Crippen molar-refractivity contribution in [2.24, 2.45) is 5.41 Å². The summed E-state index contributed by atoms with van der Waals surface area (Å²) >= 11 is 1.67. The second kappa shape index (κ2) is 5.20. The SMILES string of the molecule is CCC1(CNc2nc(N)nc3sc(C)cc23)CCCC1. The number of thiophene rings is 1. The minimum absolute atomic E-state index is 0.360. The van der Waals surface area contributed by atoms with Crippen LogP contribution in [0.1, 0.15) is 43.9 Å². The van der Waals surface area contributed by atoms with Crippen molar-refractivity contribution in [3.8, 4) is 0 Å². The number of rotatable bonds is 4. The molecule has 0 bridgehead atoms. The van der Waals surface area contributed by atoms with Gasteiger partial charge in [0.25, 0.3) is 0 Å². The Bertz CT molecular complexity index is 614. The molecular weight excluding hydrogens is 268 g/mol. The van der Waals surface area contributed by atoms with E-state index in [0.29, 0.717) is 11.4 Å². The molecule has 1 fully saturated rings. The number of aromatic nitrogens is 2. The van der Waals surface area contributed by atoms with Crippen LogP contribution in [0.25, 0.3) is 10.2 Å². The van der Waals surface area contributed by atoms with Gasteiger partial charge in [0.05, 0.1) is 5.39 Å². The van der Waals surface area contributed by atoms with Gasteiger partial charge in [-0.15, -0.1) is 11.3 Å². The van der Waals surface area contributed by atoms with Crippen LogP contribution in [-0.4, -0.2) is 16.5 Å². The van der Waals surface area contributed by atoms with Crippen molar-refractivity contribution in [3.05, 3.63) is 10.9 Å². The van der Waals surface area contributed by atoms with Crippen molar-refractivity contribution in [2.45, 2.75) is 46.0 Å². The predicted molar refractivity (Wildman–Crippen MR) is 86.2 cm³/mol. The highest BCUT2D eigenvalue weighted by molar-refractivity contribution is 7.18. The summed E-state index contributed by atoms with van der Waals surface area (Å²) in [6, 6.07) is 2.15. The van der Waals surface area contributed by atoms with Gasteiger partial charge in [-0.2, -0.15) is 4.98 Å². The number of aryl methyl sites for hydroxylation is 1. The number of nitrogens with one attached hydrogen (secondary N) is 1. The van der Waals surface area contributed by atoms with Crippen LogP contribution in [0.3, 0.4) is 0 Å². The Morgan fingerprint density at radius 3 is 2.80 bits per heavy atom. The van der Waals surface area contributed by atoms with Gasteiger partial charge in [-0.05, 0) is 37.7 Å². The Hall–Kier alpha value is -1.36. The van der Waals surface area contributed by atoms with Crippen molar-refractivity contribution in [1.29, 1.82) is 0 Å². The van der Waals surface area contributed by atoms with Gasteiger partial charge in [-0.25, -0.2) is 4.98 Å². The highest BCUT2D eigenvalue weighted by Gasteiger charge is 2.31. The molecule has 2 aromatic heterocycles. The molecule has 4 nitrogen and oxygen atoms in total. The van der Waals surface area contributed by atoms with Gasteiger partial charge in [0.2, 0.25) is 5.95 Å². The van der Waals surface area contributed by atoms with E-state index in [4.69, 9.17) is 5.73 Å². The van der Waals surface area contributed by atoms with Gasteiger partial charge >= 0.3 is 0 Å². The summed E-state index contributed by atoms with van der Waals surface area (Å²) in [6.07, 6.45) is 6.58. The van der Waals surface area contributed by atoms with Crippen LogP contribution >= 0.6 is 11.3 Å². The molecule has 0 atom stereocenters. The second-order valence-corrected chi connectivity index (χ2v) is 7.16. The third-order valence-corrected chi connectivity index (χ3v) is 5.52. The largest absolute Gasteiger partial charge is 0.369 e. The van der Waals surface area contributed by atoms with Crippen molar-refractivity contribution in [2.75, 3.05) is 17.6 Å². The second-order valence-electron chi connectivity index (χ2n) is 5.92. The van der Waals surface area contributed by atoms with E-state index in [9.17, 15) is 0 Å². The van der Waals surface area contributed by atoms with Crippen LogP contribution in [0, 0.1) is 12.3 Å². The zero-order valence-corrected chi connectivity index (χ0v) is 13.0. The van der Waals surface area contributed by atoms with Gasteiger partial charge in [-0.3, -0.25) is 0 Å². The topological polar surface area (TPSA) is 63.8 Å². The lowest BCUT2D eigenvalue weighted by molar-refractivity contribution is 0.306. The van der Waals surface area contributed by atoms with E-state index in [1.165, 1.54) is 37.0 Å². The van der Waals surface area contributed by atoms with E-state index < -0.39 is 0 Å². The first-order chi connectivity index (χ1) is 9.62. The molecule has 5 heteroatoms. The molecule has 20 heavy (non-hydrogen) atoms. The van der Waals surface area contributed by atoms with E-state index in [0.717, 1.165) is 22.6 Å². The quantitative estimate of drug-likeness (QED) is 0.894. The maximum Gasteiger partial charge on any atom is 0.223 e. The number of fused-ring (bicyclic) bond motifs is 1. The molecule has 0 saturated heterocycles. The fourth-order valence-electron chi connectivity index (χ4n) is 3.24. The minimum atomic E-state index is 0.360. The molecule has 1 aliphatic carbocycles. The molecular formula is C15H22N4S. The van der Waals surface area contributed by atoms with Gasteiger partial charge in [0.15, 0.2) is 0 Å². The number of hydrogen-bond donors (Lipinski definition) is 2. The smallest absolute Gasteiger partial charge is 0.223 e. The predicted octanol–water partition coefficient (Wildman–Crippen LogP) is 3.96. The molecule has 108 valence electrons. The van der Waals surface area contributed by atoms with E-state index in [1.54, 1.807) is 11.3 Å². The standard InChI is InChI=1S/C15H22N4S/c1-3-15(6-4-5-7-15)9-17-12-11-8-10(2)20-13(11)19-14(16)18-12/h8H,3-7,9H2,1-2H3,(H3,16,17,18,19). The fourth-order valence-corrected chi connectivity index (χ4v) is 4.13. The highest BCUT2D eigenvalue weighted by Crippen LogP contribution is 2.41. The van der Waals surface area contributed by atoms with Crippen molar-refractivity contribution < 1.29 is 0 Å². The molecule has 1 aliphatic rings. The summed E-state index contributed by atoms with van der Waals surface area (Å²) in [6.45, 7) is 5.38. The zero-order chi connectivity index (χ0) is 14.2. The molecule has 0 amide bonds. The first-order valence-electron chi connectivity index (χ1n) is 7.39. The Labute approximate surface area is 123 Å². The van der Waals surface area contributed by atoms with Crippen molar-refractivity contribution >= 4 is 33.3 Å². The van der Waals surface area contributed by atoms with Crippen LogP contribution in [0.4, 0.5) is 11.8 Å². The van der Waals surface area contributed by atoms with Gasteiger partial charge in [0.1, 0.15) is 10.6 Å². The number of nitrogen functional groups attached to an aromatic ring is 1. The molecule has 3 rings (SSSR count). The first-order valence-corrected chi connectivity index (χ1v) is 8.21. The summed E-state index contributed by atoms with van der Waals surface area (Å²) in [5.41, 5.74) is 6.27. The molecule has 2 aromatic rings. The van der Waals surface area contributed by atoms with Crippen molar-refractivity contribution in [3.63, 3.8) is 0 Å². The third kappa shape index (κ3) is 2.46. The summed E-state index contributed by atoms with van der Waals surface area (Å²) in [5, 5.41) is 4.65. The van der Waals surface area contributed by atoms with Crippen LogP contribution in [-0.2, 0) is 0 Å². The molecule has 0 aromatic carbocycles. The monoisotopic (exact) mass is 290 g/mol. The van der Waals surface area contributed by atoms with Crippen LogP contribution in [0.2, 0.25) is 0 Å². The fraction of sp³-hybridized carbons (Fsp3) is 0.600. The lowest BCUT2D eigenvalue weighted by atomic mass is 9.83. The van der Waals surface area contributed by atoms with Crippen LogP contribution < -0.4 is 11.1 Å². The number of nitrogens with zero attached hydrogens (tertiary/aromatic N) is 2. The van der Waals surface area contributed by atoms with Crippen molar-refractivity contribution in [1.82, 2.24) is 9.97 Å². The van der Waals surface area contributed by atoms with E-state index in [-0.39, 0.29) is 0 Å². The lowest BCUT2D eigenvalue weighted by Crippen LogP contribution is -2.26. The van der Waals surface area contributed by atoms with Gasteiger partial charge in [-0.1, -0.05) is 19.8 Å². The summed E-state index contributed by atoms with van der Waals surface area (Å²) in [4.78, 5) is 10.9. The van der Waals surface area contributed by atoms with E-state index >= 15 is 0 Å². The molecule has 0 aliphatic heterocycles. The maximum absolute atomic E-state index is 5.83. The third-order valence-electron chi connectivity index (χ3n) is 4.58. The average molecular weight is 290 g/mol. The molecule has 0 unspecified atom stereocenters. The number of nitrogens with two attached hydrogens (primary N) is 1. The Morgan fingerprint density at radius 2 is 2.10 bits per heavy atom. The van der Waals surface area contributed by atoms with Crippen LogP contribution in [0.5, 0.6) is 0 Å². The zero-order valence-electron chi connectivity index (χ0n) is 12.2.